The fourth-order valence-corrected chi connectivity index (χ4v) is 1.84. The molecule has 0 bridgehead atoms. The molecular weight excluding hydrogens is 264 g/mol. The van der Waals surface area contributed by atoms with Crippen molar-refractivity contribution in [2.75, 3.05) is 19.8 Å². The van der Waals surface area contributed by atoms with Crippen LogP contribution in [0, 0.1) is 0 Å². The van der Waals surface area contributed by atoms with Crippen LogP contribution in [0.25, 0.3) is 0 Å². The lowest BCUT2D eigenvalue weighted by Gasteiger charge is -2.10. The Morgan fingerprint density at radius 3 is 2.95 bits per heavy atom. The molecule has 1 aromatic rings. The van der Waals surface area contributed by atoms with Crippen LogP contribution < -0.4 is 10.9 Å². The second-order valence-electron chi connectivity index (χ2n) is 4.46. The Bertz CT molecular complexity index is 513. The number of hydrogen-bond acceptors (Lipinski definition) is 5. The van der Waals surface area contributed by atoms with Crippen molar-refractivity contribution in [2.45, 2.75) is 18.9 Å². The zero-order valence-electron chi connectivity index (χ0n) is 10.9. The number of rotatable bonds is 5. The molecule has 1 saturated heterocycles. The molecule has 0 aliphatic carbocycles. The van der Waals surface area contributed by atoms with Gasteiger partial charge in [0.25, 0.3) is 5.91 Å². The summed E-state index contributed by atoms with van der Waals surface area (Å²) in [4.78, 5) is 36.3. The fourth-order valence-electron chi connectivity index (χ4n) is 1.84. The maximum Gasteiger partial charge on any atom is 0.340 e. The van der Waals surface area contributed by atoms with Crippen molar-refractivity contribution in [3.05, 3.63) is 34.2 Å². The summed E-state index contributed by atoms with van der Waals surface area (Å²) in [7, 11) is 0. The topological polar surface area (TPSA) is 97.5 Å². The lowest BCUT2D eigenvalue weighted by molar-refractivity contribution is -0.124. The van der Waals surface area contributed by atoms with Gasteiger partial charge < -0.3 is 19.8 Å². The van der Waals surface area contributed by atoms with E-state index >= 15 is 0 Å². The minimum Gasteiger partial charge on any atom is -0.452 e. The molecular formula is C13H16N2O5. The number of pyridine rings is 1. The van der Waals surface area contributed by atoms with E-state index in [4.69, 9.17) is 9.47 Å². The van der Waals surface area contributed by atoms with Gasteiger partial charge in [0.05, 0.1) is 11.7 Å². The molecule has 1 aromatic heterocycles. The smallest absolute Gasteiger partial charge is 0.340 e. The molecule has 1 fully saturated rings. The number of nitrogens with one attached hydrogen (secondary N) is 2. The molecule has 2 N–H and O–H groups in total. The Balaban J connectivity index is 1.70. The number of aromatic nitrogens is 1. The zero-order chi connectivity index (χ0) is 14.4. The molecule has 1 amide bonds. The van der Waals surface area contributed by atoms with Crippen molar-refractivity contribution in [1.82, 2.24) is 10.3 Å². The third-order valence-corrected chi connectivity index (χ3v) is 2.91. The van der Waals surface area contributed by atoms with Crippen LogP contribution in [0.5, 0.6) is 0 Å². The van der Waals surface area contributed by atoms with Crippen molar-refractivity contribution < 1.29 is 19.1 Å². The number of aromatic amines is 1. The van der Waals surface area contributed by atoms with Crippen LogP contribution >= 0.6 is 0 Å². The molecule has 0 radical (unpaired) electrons. The molecule has 1 aliphatic heterocycles. The summed E-state index contributed by atoms with van der Waals surface area (Å²) in [5, 5.41) is 2.64. The SMILES string of the molecule is O=C(COC(=O)c1ccc(=O)[nH]c1)NCC1CCCO1. The third-order valence-electron chi connectivity index (χ3n) is 2.91. The highest BCUT2D eigenvalue weighted by Gasteiger charge is 2.16. The fraction of sp³-hybridized carbons (Fsp3) is 0.462. The lowest BCUT2D eigenvalue weighted by Crippen LogP contribution is -2.34. The van der Waals surface area contributed by atoms with E-state index < -0.39 is 5.97 Å². The molecule has 1 unspecified atom stereocenters. The first-order valence-electron chi connectivity index (χ1n) is 6.39. The molecule has 1 aliphatic rings. The van der Waals surface area contributed by atoms with E-state index in [1.807, 2.05) is 0 Å². The van der Waals surface area contributed by atoms with Gasteiger partial charge in [-0.25, -0.2) is 4.79 Å². The molecule has 2 heterocycles. The van der Waals surface area contributed by atoms with Crippen LogP contribution in [0.15, 0.2) is 23.1 Å². The van der Waals surface area contributed by atoms with Crippen molar-refractivity contribution in [2.24, 2.45) is 0 Å². The number of amides is 1. The van der Waals surface area contributed by atoms with Crippen LogP contribution in [0.4, 0.5) is 0 Å². The van der Waals surface area contributed by atoms with Gasteiger partial charge in [-0.2, -0.15) is 0 Å². The monoisotopic (exact) mass is 280 g/mol. The first kappa shape index (κ1) is 14.3. The van der Waals surface area contributed by atoms with Gasteiger partial charge >= 0.3 is 5.97 Å². The summed E-state index contributed by atoms with van der Waals surface area (Å²) < 4.78 is 10.2. The van der Waals surface area contributed by atoms with E-state index in [0.717, 1.165) is 19.4 Å². The Labute approximate surface area is 115 Å². The molecule has 7 nitrogen and oxygen atoms in total. The summed E-state index contributed by atoms with van der Waals surface area (Å²) in [5.74, 6) is -1.04. The van der Waals surface area contributed by atoms with Crippen LogP contribution in [0.3, 0.4) is 0 Å². The summed E-state index contributed by atoms with van der Waals surface area (Å²) >= 11 is 0. The second-order valence-corrected chi connectivity index (χ2v) is 4.46. The summed E-state index contributed by atoms with van der Waals surface area (Å²) in [6.45, 7) is 0.793. The van der Waals surface area contributed by atoms with Gasteiger partial charge in [0, 0.05) is 25.4 Å². The van der Waals surface area contributed by atoms with Crippen LogP contribution in [0.2, 0.25) is 0 Å². The van der Waals surface area contributed by atoms with E-state index in [1.165, 1.54) is 18.3 Å². The number of carbonyl (C=O) groups excluding carboxylic acids is 2. The normalized spacial score (nSPS) is 17.7. The van der Waals surface area contributed by atoms with Gasteiger partial charge in [-0.3, -0.25) is 9.59 Å². The Morgan fingerprint density at radius 1 is 1.45 bits per heavy atom. The highest BCUT2D eigenvalue weighted by atomic mass is 16.5. The summed E-state index contributed by atoms with van der Waals surface area (Å²) in [6, 6.07) is 2.56. The summed E-state index contributed by atoms with van der Waals surface area (Å²) in [5.41, 5.74) is -0.118. The number of esters is 1. The van der Waals surface area contributed by atoms with Crippen molar-refractivity contribution >= 4 is 11.9 Å². The van der Waals surface area contributed by atoms with Gasteiger partial charge in [-0.05, 0) is 18.9 Å². The Hall–Kier alpha value is -2.15. The van der Waals surface area contributed by atoms with E-state index in [1.54, 1.807) is 0 Å². The zero-order valence-corrected chi connectivity index (χ0v) is 10.9. The van der Waals surface area contributed by atoms with E-state index in [0.29, 0.717) is 6.54 Å². The van der Waals surface area contributed by atoms with Gasteiger partial charge in [0.2, 0.25) is 5.56 Å². The minimum absolute atomic E-state index is 0.0499. The molecule has 2 rings (SSSR count). The van der Waals surface area contributed by atoms with Crippen molar-refractivity contribution in [1.29, 1.82) is 0 Å². The highest BCUT2D eigenvalue weighted by Crippen LogP contribution is 2.10. The standard InChI is InChI=1S/C13H16N2O5/c16-11-4-3-9(6-14-11)13(18)20-8-12(17)15-7-10-2-1-5-19-10/h3-4,6,10H,1-2,5,7-8H2,(H,14,16)(H,15,17). The first-order valence-corrected chi connectivity index (χ1v) is 6.39. The molecule has 0 saturated carbocycles. The molecule has 1 atom stereocenters. The maximum absolute atomic E-state index is 11.6. The van der Waals surface area contributed by atoms with Crippen LogP contribution in [-0.2, 0) is 14.3 Å². The second kappa shape index (κ2) is 6.85. The third kappa shape index (κ3) is 4.20. The van der Waals surface area contributed by atoms with E-state index in [-0.39, 0.29) is 29.7 Å². The average molecular weight is 280 g/mol. The Morgan fingerprint density at radius 2 is 2.30 bits per heavy atom. The van der Waals surface area contributed by atoms with Crippen molar-refractivity contribution in [3.63, 3.8) is 0 Å². The predicted molar refractivity (Wildman–Crippen MR) is 69.3 cm³/mol. The van der Waals surface area contributed by atoms with Crippen LogP contribution in [0.1, 0.15) is 23.2 Å². The molecule has 7 heteroatoms. The van der Waals surface area contributed by atoms with Crippen LogP contribution in [-0.4, -0.2) is 42.7 Å². The van der Waals surface area contributed by atoms with Gasteiger partial charge in [-0.1, -0.05) is 0 Å². The number of H-pyrrole nitrogens is 1. The van der Waals surface area contributed by atoms with Crippen molar-refractivity contribution in [3.8, 4) is 0 Å². The Kier molecular flexibility index (Phi) is 4.89. The largest absolute Gasteiger partial charge is 0.452 e. The lowest BCUT2D eigenvalue weighted by atomic mass is 10.2. The first-order chi connectivity index (χ1) is 9.65. The van der Waals surface area contributed by atoms with Gasteiger partial charge in [0.1, 0.15) is 0 Å². The molecule has 0 aromatic carbocycles. The highest BCUT2D eigenvalue weighted by molar-refractivity contribution is 5.90. The predicted octanol–water partition coefficient (Wildman–Crippen LogP) is -0.173. The summed E-state index contributed by atoms with van der Waals surface area (Å²) in [6.07, 6.45) is 3.22. The number of hydrogen-bond donors (Lipinski definition) is 2. The van der Waals surface area contributed by atoms with E-state index in [9.17, 15) is 14.4 Å². The van der Waals surface area contributed by atoms with Gasteiger partial charge in [0.15, 0.2) is 6.61 Å². The molecule has 20 heavy (non-hydrogen) atoms. The molecule has 108 valence electrons. The minimum atomic E-state index is -0.659. The van der Waals surface area contributed by atoms with Gasteiger partial charge in [-0.15, -0.1) is 0 Å². The quantitative estimate of drug-likeness (QED) is 0.730. The van der Waals surface area contributed by atoms with E-state index in [2.05, 4.69) is 10.3 Å². The number of ether oxygens (including phenoxy) is 2. The average Bonchev–Trinajstić information content (AvgIpc) is 2.96. The maximum atomic E-state index is 11.6. The number of carbonyl (C=O) groups is 2. The molecule has 0 spiro atoms.